The molecule has 0 aliphatic rings. The van der Waals surface area contributed by atoms with Crippen LogP contribution in [0.2, 0.25) is 25.7 Å². The number of primary amides is 1. The molecule has 0 aliphatic heterocycles. The molecule has 0 atom stereocenters. The van der Waals surface area contributed by atoms with Crippen molar-refractivity contribution in [1.82, 2.24) is 14.8 Å². The summed E-state index contributed by atoms with van der Waals surface area (Å²) in [5.74, 6) is 0.555. The molecule has 2 heterocycles. The Balaban J connectivity index is 2.09. The predicted molar refractivity (Wildman–Crippen MR) is 92.4 cm³/mol. The third-order valence-corrected chi connectivity index (χ3v) is 4.93. The van der Waals surface area contributed by atoms with Crippen LogP contribution in [0.25, 0.3) is 0 Å². The first kappa shape index (κ1) is 17.2. The molecular formula is C15H23N5O2Si. The first-order valence-corrected chi connectivity index (χ1v) is 11.2. The molecule has 0 radical (unpaired) electrons. The Kier molecular flexibility index (Phi) is 5.51. The summed E-state index contributed by atoms with van der Waals surface area (Å²) in [4.78, 5) is 15.7. The summed E-state index contributed by atoms with van der Waals surface area (Å²) in [5, 5.41) is 7.26. The van der Waals surface area contributed by atoms with Crippen molar-refractivity contribution in [2.45, 2.75) is 32.4 Å². The highest BCUT2D eigenvalue weighted by Gasteiger charge is 2.17. The molecule has 23 heavy (non-hydrogen) atoms. The maximum Gasteiger partial charge on any atom is 0.254 e. The van der Waals surface area contributed by atoms with E-state index in [4.69, 9.17) is 10.5 Å². The van der Waals surface area contributed by atoms with Gasteiger partial charge in [-0.25, -0.2) is 9.67 Å². The van der Waals surface area contributed by atoms with Gasteiger partial charge >= 0.3 is 0 Å². The molecule has 0 spiro atoms. The van der Waals surface area contributed by atoms with Crippen LogP contribution in [0.3, 0.4) is 0 Å². The Morgan fingerprint density at radius 2 is 2.17 bits per heavy atom. The first-order valence-electron chi connectivity index (χ1n) is 7.48. The lowest BCUT2D eigenvalue weighted by molar-refractivity contribution is 0.0800. The van der Waals surface area contributed by atoms with E-state index in [1.807, 2.05) is 12.1 Å². The van der Waals surface area contributed by atoms with Crippen molar-refractivity contribution >= 4 is 25.6 Å². The number of ether oxygens (including phenoxy) is 1. The standard InChI is InChI=1S/C15H23N5O2Si/c1-23(2,3)9-8-22-11-20-15(12(10-18-20)14(16)21)19-13-6-4-5-7-17-13/h4-7,10H,8-9,11H2,1-3H3,(H2,16,21)(H,17,19). The third-order valence-electron chi connectivity index (χ3n) is 3.23. The smallest absolute Gasteiger partial charge is 0.254 e. The highest BCUT2D eigenvalue weighted by molar-refractivity contribution is 6.76. The average molecular weight is 333 g/mol. The van der Waals surface area contributed by atoms with Gasteiger partial charge in [0.15, 0.2) is 0 Å². The summed E-state index contributed by atoms with van der Waals surface area (Å²) in [5.41, 5.74) is 5.72. The second kappa shape index (κ2) is 7.38. The lowest BCUT2D eigenvalue weighted by atomic mass is 10.3. The molecular weight excluding hydrogens is 310 g/mol. The minimum absolute atomic E-state index is 0.257. The topological polar surface area (TPSA) is 95.1 Å². The zero-order chi connectivity index (χ0) is 16.9. The summed E-state index contributed by atoms with van der Waals surface area (Å²) in [6.45, 7) is 7.81. The van der Waals surface area contributed by atoms with Crippen molar-refractivity contribution in [2.24, 2.45) is 5.73 Å². The van der Waals surface area contributed by atoms with E-state index in [2.05, 4.69) is 35.0 Å². The van der Waals surface area contributed by atoms with Gasteiger partial charge in [0.25, 0.3) is 5.91 Å². The van der Waals surface area contributed by atoms with Gasteiger partial charge in [0.2, 0.25) is 0 Å². The molecule has 0 aromatic carbocycles. The molecule has 8 heteroatoms. The average Bonchev–Trinajstić information content (AvgIpc) is 2.87. The molecule has 0 saturated carbocycles. The number of nitrogens with zero attached hydrogens (tertiary/aromatic N) is 3. The van der Waals surface area contributed by atoms with Crippen LogP contribution in [-0.2, 0) is 11.5 Å². The van der Waals surface area contributed by atoms with Crippen LogP contribution in [0.5, 0.6) is 0 Å². The van der Waals surface area contributed by atoms with Crippen molar-refractivity contribution in [2.75, 3.05) is 11.9 Å². The summed E-state index contributed by atoms with van der Waals surface area (Å²) in [6, 6.07) is 6.54. The molecule has 0 unspecified atom stereocenters. The Morgan fingerprint density at radius 1 is 1.39 bits per heavy atom. The zero-order valence-corrected chi connectivity index (χ0v) is 14.7. The van der Waals surface area contributed by atoms with E-state index in [9.17, 15) is 4.79 Å². The third kappa shape index (κ3) is 5.18. The van der Waals surface area contributed by atoms with Gasteiger partial charge < -0.3 is 15.8 Å². The van der Waals surface area contributed by atoms with Crippen molar-refractivity contribution in [3.63, 3.8) is 0 Å². The highest BCUT2D eigenvalue weighted by Crippen LogP contribution is 2.19. The van der Waals surface area contributed by atoms with Gasteiger partial charge in [0, 0.05) is 20.9 Å². The maximum atomic E-state index is 11.6. The number of hydrogen-bond acceptors (Lipinski definition) is 5. The van der Waals surface area contributed by atoms with Gasteiger partial charge in [-0.05, 0) is 18.2 Å². The number of rotatable bonds is 8. The van der Waals surface area contributed by atoms with E-state index in [1.54, 1.807) is 16.9 Å². The Hall–Kier alpha value is -2.19. The number of pyridine rings is 1. The fourth-order valence-electron chi connectivity index (χ4n) is 1.88. The van der Waals surface area contributed by atoms with Gasteiger partial charge in [0.1, 0.15) is 23.9 Å². The van der Waals surface area contributed by atoms with E-state index < -0.39 is 14.0 Å². The highest BCUT2D eigenvalue weighted by atomic mass is 28.3. The monoisotopic (exact) mass is 333 g/mol. The Bertz CT molecular complexity index is 652. The van der Waals surface area contributed by atoms with Crippen LogP contribution in [0.1, 0.15) is 10.4 Å². The van der Waals surface area contributed by atoms with Crippen LogP contribution in [0.15, 0.2) is 30.6 Å². The van der Waals surface area contributed by atoms with E-state index in [1.165, 1.54) is 6.20 Å². The number of hydrogen-bond donors (Lipinski definition) is 2. The van der Waals surface area contributed by atoms with Crippen molar-refractivity contribution in [1.29, 1.82) is 0 Å². The largest absolute Gasteiger partial charge is 0.365 e. The second-order valence-corrected chi connectivity index (χ2v) is 12.1. The van der Waals surface area contributed by atoms with Gasteiger partial charge in [-0.3, -0.25) is 4.79 Å². The number of carbonyl (C=O) groups is 1. The zero-order valence-electron chi connectivity index (χ0n) is 13.7. The lowest BCUT2D eigenvalue weighted by Crippen LogP contribution is -2.22. The quantitative estimate of drug-likeness (QED) is 0.571. The predicted octanol–water partition coefficient (Wildman–Crippen LogP) is 2.43. The molecule has 0 bridgehead atoms. The molecule has 0 aliphatic carbocycles. The molecule has 2 aromatic rings. The summed E-state index contributed by atoms with van der Waals surface area (Å²) in [7, 11) is -1.14. The fourth-order valence-corrected chi connectivity index (χ4v) is 2.64. The van der Waals surface area contributed by atoms with Crippen LogP contribution < -0.4 is 11.1 Å². The van der Waals surface area contributed by atoms with Gasteiger partial charge in [0.05, 0.1) is 6.20 Å². The first-order chi connectivity index (χ1) is 10.9. The molecule has 1 amide bonds. The van der Waals surface area contributed by atoms with Crippen LogP contribution in [0.4, 0.5) is 11.6 Å². The van der Waals surface area contributed by atoms with Crippen molar-refractivity contribution in [3.05, 3.63) is 36.2 Å². The Morgan fingerprint density at radius 3 is 2.78 bits per heavy atom. The summed E-state index contributed by atoms with van der Waals surface area (Å²) >= 11 is 0. The van der Waals surface area contributed by atoms with E-state index in [-0.39, 0.29) is 6.73 Å². The number of aromatic nitrogens is 3. The van der Waals surface area contributed by atoms with Crippen LogP contribution >= 0.6 is 0 Å². The van der Waals surface area contributed by atoms with Crippen LogP contribution in [-0.4, -0.2) is 35.4 Å². The molecule has 0 fully saturated rings. The number of amides is 1. The number of anilines is 2. The normalized spacial score (nSPS) is 11.4. The molecule has 7 nitrogen and oxygen atoms in total. The van der Waals surface area contributed by atoms with Crippen molar-refractivity contribution < 1.29 is 9.53 Å². The Labute approximate surface area is 136 Å². The molecule has 2 aromatic heterocycles. The SMILES string of the molecule is C[Si](C)(C)CCOCn1ncc(C(N)=O)c1Nc1ccccn1. The molecule has 0 saturated heterocycles. The molecule has 124 valence electrons. The summed E-state index contributed by atoms with van der Waals surface area (Å²) < 4.78 is 7.27. The van der Waals surface area contributed by atoms with E-state index >= 15 is 0 Å². The summed E-state index contributed by atoms with van der Waals surface area (Å²) in [6.07, 6.45) is 3.10. The van der Waals surface area contributed by atoms with Gasteiger partial charge in [-0.2, -0.15) is 5.10 Å². The molecule has 3 N–H and O–H groups in total. The van der Waals surface area contributed by atoms with E-state index in [0.29, 0.717) is 23.8 Å². The number of nitrogens with one attached hydrogen (secondary N) is 1. The van der Waals surface area contributed by atoms with Crippen molar-refractivity contribution in [3.8, 4) is 0 Å². The second-order valence-electron chi connectivity index (χ2n) is 6.46. The maximum absolute atomic E-state index is 11.6. The fraction of sp³-hybridized carbons (Fsp3) is 0.400. The van der Waals surface area contributed by atoms with Gasteiger partial charge in [-0.15, -0.1) is 0 Å². The lowest BCUT2D eigenvalue weighted by Gasteiger charge is -2.16. The number of carbonyl (C=O) groups excluding carboxylic acids is 1. The number of nitrogens with two attached hydrogens (primary N) is 1. The van der Waals surface area contributed by atoms with Gasteiger partial charge in [-0.1, -0.05) is 25.7 Å². The van der Waals surface area contributed by atoms with E-state index in [0.717, 1.165) is 6.04 Å². The minimum atomic E-state index is -1.14. The van der Waals surface area contributed by atoms with Crippen LogP contribution in [0, 0.1) is 0 Å². The molecule has 2 rings (SSSR count). The minimum Gasteiger partial charge on any atom is -0.365 e.